The lowest BCUT2D eigenvalue weighted by molar-refractivity contribution is 0.0996. The summed E-state index contributed by atoms with van der Waals surface area (Å²) in [5, 5.41) is 1.90. The van der Waals surface area contributed by atoms with Crippen LogP contribution in [-0.2, 0) is 0 Å². The third kappa shape index (κ3) is 1.45. The second-order valence-electron chi connectivity index (χ2n) is 4.44. The number of fused-ring (bicyclic) bond motifs is 3. The molecular formula is C13H13N3O. The Morgan fingerprint density at radius 1 is 1.59 bits per heavy atom. The number of nitrogens with zero attached hydrogens (tertiary/aromatic N) is 2. The number of hydrogen-bond donors (Lipinski definition) is 1. The predicted octanol–water partition coefficient (Wildman–Crippen LogP) is 0.0340. The maximum Gasteiger partial charge on any atom is 0.269 e. The van der Waals surface area contributed by atoms with Crippen molar-refractivity contribution in [1.82, 2.24) is 9.38 Å². The molecule has 0 aromatic carbocycles. The van der Waals surface area contributed by atoms with Gasteiger partial charge in [-0.05, 0) is 24.5 Å². The summed E-state index contributed by atoms with van der Waals surface area (Å²) in [6.45, 7) is 2.16. The molecule has 1 aliphatic carbocycles. The van der Waals surface area contributed by atoms with Crippen molar-refractivity contribution in [3.63, 3.8) is 0 Å². The van der Waals surface area contributed by atoms with E-state index in [9.17, 15) is 4.79 Å². The lowest BCUT2D eigenvalue weighted by atomic mass is 10.0. The maximum absolute atomic E-state index is 11.4. The van der Waals surface area contributed by atoms with Gasteiger partial charge < -0.3 is 10.1 Å². The Morgan fingerprint density at radius 3 is 3.18 bits per heavy atom. The van der Waals surface area contributed by atoms with E-state index in [0.717, 1.165) is 22.6 Å². The number of carbonyl (C=O) groups is 1. The number of primary amides is 1. The molecule has 3 rings (SSSR count). The molecule has 1 atom stereocenters. The highest BCUT2D eigenvalue weighted by Crippen LogP contribution is 2.09. The summed E-state index contributed by atoms with van der Waals surface area (Å²) in [6.07, 6.45) is 7.13. The molecule has 0 radical (unpaired) electrons. The first-order valence-corrected chi connectivity index (χ1v) is 5.66. The summed E-state index contributed by atoms with van der Waals surface area (Å²) in [6, 6.07) is 3.76. The second-order valence-corrected chi connectivity index (χ2v) is 4.44. The topological polar surface area (TPSA) is 60.4 Å². The highest BCUT2D eigenvalue weighted by Gasteiger charge is 2.12. The monoisotopic (exact) mass is 227 g/mol. The smallest absolute Gasteiger partial charge is 0.269 e. The number of aromatic nitrogens is 2. The first-order chi connectivity index (χ1) is 8.16. The van der Waals surface area contributed by atoms with Gasteiger partial charge in [-0.15, -0.1) is 0 Å². The molecule has 1 aliphatic rings. The molecule has 2 N–H and O–H groups in total. The zero-order chi connectivity index (χ0) is 12.0. The van der Waals surface area contributed by atoms with Crippen molar-refractivity contribution in [1.29, 1.82) is 0 Å². The summed E-state index contributed by atoms with van der Waals surface area (Å²) >= 11 is 0. The fraction of sp³-hybridized carbons (Fsp3) is 0.231. The van der Waals surface area contributed by atoms with Crippen LogP contribution in [0.3, 0.4) is 0 Å². The first kappa shape index (κ1) is 10.1. The van der Waals surface area contributed by atoms with Crippen LogP contribution in [0.4, 0.5) is 0 Å². The van der Waals surface area contributed by atoms with Crippen molar-refractivity contribution in [2.75, 3.05) is 0 Å². The molecule has 2 heterocycles. The molecule has 0 spiro atoms. The molecule has 2 aromatic rings. The van der Waals surface area contributed by atoms with Gasteiger partial charge in [-0.1, -0.05) is 19.1 Å². The predicted molar refractivity (Wildman–Crippen MR) is 65.7 cm³/mol. The molecule has 0 fully saturated rings. The Kier molecular flexibility index (Phi) is 2.04. The van der Waals surface area contributed by atoms with Crippen LogP contribution >= 0.6 is 0 Å². The molecule has 4 heteroatoms. The number of carbonyl (C=O) groups excluding carboxylic acids is 1. The number of rotatable bonds is 1. The van der Waals surface area contributed by atoms with Crippen molar-refractivity contribution in [2.24, 2.45) is 11.7 Å². The van der Waals surface area contributed by atoms with E-state index in [1.165, 1.54) is 0 Å². The summed E-state index contributed by atoms with van der Waals surface area (Å²) in [4.78, 5) is 15.8. The van der Waals surface area contributed by atoms with E-state index < -0.39 is 5.91 Å². The van der Waals surface area contributed by atoms with Crippen LogP contribution < -0.4 is 16.4 Å². The minimum Gasteiger partial charge on any atom is -0.364 e. The molecular weight excluding hydrogens is 214 g/mol. The van der Waals surface area contributed by atoms with Crippen LogP contribution in [0.15, 0.2) is 18.3 Å². The van der Waals surface area contributed by atoms with Crippen LogP contribution in [0.1, 0.15) is 23.8 Å². The van der Waals surface area contributed by atoms with Crippen molar-refractivity contribution >= 4 is 23.6 Å². The first-order valence-electron chi connectivity index (χ1n) is 5.66. The highest BCUT2D eigenvalue weighted by molar-refractivity contribution is 5.97. The van der Waals surface area contributed by atoms with E-state index in [1.807, 2.05) is 22.7 Å². The quantitative estimate of drug-likeness (QED) is 0.747. The van der Waals surface area contributed by atoms with Gasteiger partial charge in [0.25, 0.3) is 5.91 Å². The Morgan fingerprint density at radius 2 is 2.41 bits per heavy atom. The van der Waals surface area contributed by atoms with Gasteiger partial charge in [0.1, 0.15) is 0 Å². The van der Waals surface area contributed by atoms with Gasteiger partial charge in [-0.3, -0.25) is 4.79 Å². The fourth-order valence-electron chi connectivity index (χ4n) is 2.27. The Bertz CT molecular complexity index is 727. The summed E-state index contributed by atoms with van der Waals surface area (Å²) in [5.41, 5.74) is 6.47. The normalized spacial score (nSPS) is 18.3. The van der Waals surface area contributed by atoms with Crippen molar-refractivity contribution in [3.8, 4) is 0 Å². The summed E-state index contributed by atoms with van der Waals surface area (Å²) in [7, 11) is 0. The van der Waals surface area contributed by atoms with Crippen LogP contribution in [-0.4, -0.2) is 15.3 Å². The molecule has 86 valence electrons. The second kappa shape index (κ2) is 3.45. The third-order valence-electron chi connectivity index (χ3n) is 3.10. The van der Waals surface area contributed by atoms with Crippen molar-refractivity contribution in [2.45, 2.75) is 13.3 Å². The molecule has 17 heavy (non-hydrogen) atoms. The minimum absolute atomic E-state index is 0.341. The fourth-order valence-corrected chi connectivity index (χ4v) is 2.27. The van der Waals surface area contributed by atoms with E-state index in [2.05, 4.69) is 24.1 Å². The van der Waals surface area contributed by atoms with Crippen LogP contribution in [0.25, 0.3) is 17.7 Å². The molecule has 0 saturated carbocycles. The molecule has 1 unspecified atom stereocenters. The van der Waals surface area contributed by atoms with Gasteiger partial charge in [0, 0.05) is 6.20 Å². The van der Waals surface area contributed by atoms with Gasteiger partial charge in [0.2, 0.25) is 0 Å². The van der Waals surface area contributed by atoms with Gasteiger partial charge in [-0.2, -0.15) is 0 Å². The van der Waals surface area contributed by atoms with Gasteiger partial charge in [0.05, 0.1) is 16.2 Å². The Labute approximate surface area is 98.1 Å². The van der Waals surface area contributed by atoms with Crippen LogP contribution in [0.2, 0.25) is 0 Å². The SMILES string of the molecule is CC1C=c2c(nc(C(N)=O)c3cccn23)=CC1. The number of nitrogens with two attached hydrogens (primary N) is 1. The maximum atomic E-state index is 11.4. The van der Waals surface area contributed by atoms with Gasteiger partial charge in [-0.25, -0.2) is 4.98 Å². The third-order valence-corrected chi connectivity index (χ3v) is 3.10. The highest BCUT2D eigenvalue weighted by atomic mass is 16.1. The Hall–Kier alpha value is -2.10. The average Bonchev–Trinajstić information content (AvgIpc) is 2.76. The lowest BCUT2D eigenvalue weighted by Crippen LogP contribution is -2.39. The number of amides is 1. The van der Waals surface area contributed by atoms with Crippen molar-refractivity contribution < 1.29 is 4.79 Å². The Balaban J connectivity index is 2.53. The van der Waals surface area contributed by atoms with Gasteiger partial charge in [0.15, 0.2) is 5.69 Å². The molecule has 2 aromatic heterocycles. The molecule has 1 amide bonds. The largest absolute Gasteiger partial charge is 0.364 e. The zero-order valence-electron chi connectivity index (χ0n) is 9.55. The van der Waals surface area contributed by atoms with E-state index >= 15 is 0 Å². The average molecular weight is 227 g/mol. The lowest BCUT2D eigenvalue weighted by Gasteiger charge is -2.10. The van der Waals surface area contributed by atoms with E-state index in [0.29, 0.717) is 11.6 Å². The molecule has 0 aliphatic heterocycles. The minimum atomic E-state index is -0.483. The standard InChI is InChI=1S/C13H13N3O/c1-8-4-5-9-11(7-8)16-6-2-3-10(16)12(15-9)13(14)17/h2-3,5-8H,4H2,1H3,(H2,14,17). The van der Waals surface area contributed by atoms with Gasteiger partial charge >= 0.3 is 0 Å². The van der Waals surface area contributed by atoms with E-state index in [-0.39, 0.29) is 0 Å². The van der Waals surface area contributed by atoms with Crippen LogP contribution in [0.5, 0.6) is 0 Å². The summed E-state index contributed by atoms with van der Waals surface area (Å²) < 4.78 is 1.98. The van der Waals surface area contributed by atoms with Crippen LogP contribution in [0, 0.1) is 5.92 Å². The molecule has 0 bridgehead atoms. The number of hydrogen-bond acceptors (Lipinski definition) is 2. The van der Waals surface area contributed by atoms with E-state index in [1.54, 1.807) is 0 Å². The molecule has 4 nitrogen and oxygen atoms in total. The zero-order valence-corrected chi connectivity index (χ0v) is 9.55. The van der Waals surface area contributed by atoms with Crippen molar-refractivity contribution in [3.05, 3.63) is 34.7 Å². The summed E-state index contributed by atoms with van der Waals surface area (Å²) in [5.74, 6) is 0.0119. The molecule has 0 saturated heterocycles. The van der Waals surface area contributed by atoms with E-state index in [4.69, 9.17) is 5.73 Å².